The number of hydrogen-bond donors (Lipinski definition) is 0. The van der Waals surface area contributed by atoms with Crippen molar-refractivity contribution in [2.45, 2.75) is 20.5 Å². The van der Waals surface area contributed by atoms with E-state index in [0.29, 0.717) is 32.3 Å². The van der Waals surface area contributed by atoms with Crippen LogP contribution in [0.5, 0.6) is 5.75 Å². The molecule has 0 fully saturated rings. The Morgan fingerprint density at radius 3 is 2.28 bits per heavy atom. The van der Waals surface area contributed by atoms with Crippen LogP contribution in [-0.4, -0.2) is 0 Å². The van der Waals surface area contributed by atoms with Crippen LogP contribution >= 0.6 is 23.2 Å². The summed E-state index contributed by atoms with van der Waals surface area (Å²) in [5.74, 6) is 0.428. The summed E-state index contributed by atoms with van der Waals surface area (Å²) in [5, 5.41) is 1.52. The highest BCUT2D eigenvalue weighted by atomic mass is 35.5. The Morgan fingerprint density at radius 2 is 1.55 bits per heavy atom. The maximum atomic E-state index is 13.3. The molecule has 0 saturated carbocycles. The van der Waals surface area contributed by atoms with Crippen LogP contribution < -0.4 is 10.2 Å². The molecule has 3 nitrogen and oxygen atoms in total. The molecular formula is C24H18Cl2O3. The van der Waals surface area contributed by atoms with Crippen molar-refractivity contribution in [1.29, 1.82) is 0 Å². The molecule has 0 saturated heterocycles. The summed E-state index contributed by atoms with van der Waals surface area (Å²) >= 11 is 12.6. The van der Waals surface area contributed by atoms with Crippen molar-refractivity contribution in [2.24, 2.45) is 0 Å². The second-order valence-electron chi connectivity index (χ2n) is 6.88. The van der Waals surface area contributed by atoms with Gasteiger partial charge in [-0.1, -0.05) is 53.5 Å². The van der Waals surface area contributed by atoms with Gasteiger partial charge in [0.1, 0.15) is 12.2 Å². The molecule has 0 N–H and O–H groups in total. The summed E-state index contributed by atoms with van der Waals surface area (Å²) in [5.41, 5.74) is 3.68. The van der Waals surface area contributed by atoms with E-state index < -0.39 is 0 Å². The zero-order valence-electron chi connectivity index (χ0n) is 16.0. The summed E-state index contributed by atoms with van der Waals surface area (Å²) < 4.78 is 12.1. The van der Waals surface area contributed by atoms with Gasteiger partial charge in [0.05, 0.1) is 10.4 Å². The van der Waals surface area contributed by atoms with E-state index in [-0.39, 0.29) is 17.8 Å². The summed E-state index contributed by atoms with van der Waals surface area (Å²) in [6.07, 6.45) is 0. The Balaban J connectivity index is 1.92. The van der Waals surface area contributed by atoms with Gasteiger partial charge in [0, 0.05) is 16.1 Å². The van der Waals surface area contributed by atoms with Gasteiger partial charge in [0.2, 0.25) is 11.2 Å². The van der Waals surface area contributed by atoms with Gasteiger partial charge in [-0.2, -0.15) is 0 Å². The van der Waals surface area contributed by atoms with E-state index in [1.165, 1.54) is 0 Å². The molecule has 146 valence electrons. The Labute approximate surface area is 178 Å². The first kappa shape index (κ1) is 19.6. The molecule has 4 rings (SSSR count). The Kier molecular flexibility index (Phi) is 5.35. The molecule has 1 heterocycles. The second kappa shape index (κ2) is 7.94. The molecule has 0 aliphatic heterocycles. The fourth-order valence-electron chi connectivity index (χ4n) is 3.15. The van der Waals surface area contributed by atoms with Crippen LogP contribution in [0.4, 0.5) is 0 Å². The van der Waals surface area contributed by atoms with Gasteiger partial charge in [-0.05, 0) is 55.3 Å². The summed E-state index contributed by atoms with van der Waals surface area (Å²) in [7, 11) is 0. The molecule has 0 amide bonds. The maximum Gasteiger partial charge on any atom is 0.235 e. The highest BCUT2D eigenvalue weighted by molar-refractivity contribution is 6.33. The van der Waals surface area contributed by atoms with E-state index in [1.54, 1.807) is 18.2 Å². The quantitative estimate of drug-likeness (QED) is 0.355. The maximum absolute atomic E-state index is 13.3. The van der Waals surface area contributed by atoms with Crippen LogP contribution in [0.1, 0.15) is 16.7 Å². The third-order valence-corrected chi connectivity index (χ3v) is 5.61. The molecule has 0 atom stereocenters. The SMILES string of the molecule is Cc1cc2oc(-c3ccccc3Cl)c(OCc3ccccc3Cl)c(=O)c2cc1C. The van der Waals surface area contributed by atoms with Crippen LogP contribution in [0.25, 0.3) is 22.3 Å². The zero-order valence-corrected chi connectivity index (χ0v) is 17.5. The van der Waals surface area contributed by atoms with Gasteiger partial charge in [-0.15, -0.1) is 0 Å². The minimum atomic E-state index is -0.240. The number of hydrogen-bond acceptors (Lipinski definition) is 3. The molecule has 1 aromatic heterocycles. The van der Waals surface area contributed by atoms with Crippen molar-refractivity contribution in [1.82, 2.24) is 0 Å². The van der Waals surface area contributed by atoms with Gasteiger partial charge in [-0.3, -0.25) is 4.79 Å². The Bertz CT molecular complexity index is 1280. The third kappa shape index (κ3) is 3.76. The monoisotopic (exact) mass is 424 g/mol. The largest absolute Gasteiger partial charge is 0.481 e. The second-order valence-corrected chi connectivity index (χ2v) is 7.70. The number of fused-ring (bicyclic) bond motifs is 1. The molecule has 0 bridgehead atoms. The molecule has 0 radical (unpaired) electrons. The van der Waals surface area contributed by atoms with Crippen molar-refractivity contribution < 1.29 is 9.15 Å². The third-order valence-electron chi connectivity index (χ3n) is 4.91. The van der Waals surface area contributed by atoms with E-state index in [0.717, 1.165) is 16.7 Å². The number of ether oxygens (including phenoxy) is 1. The number of benzene rings is 3. The van der Waals surface area contributed by atoms with E-state index in [1.807, 2.05) is 56.3 Å². The zero-order chi connectivity index (χ0) is 20.5. The van der Waals surface area contributed by atoms with Crippen molar-refractivity contribution in [3.63, 3.8) is 0 Å². The molecule has 3 aromatic carbocycles. The van der Waals surface area contributed by atoms with Gasteiger partial charge in [-0.25, -0.2) is 0 Å². The first-order valence-corrected chi connectivity index (χ1v) is 9.90. The molecule has 0 spiro atoms. The van der Waals surface area contributed by atoms with E-state index in [4.69, 9.17) is 32.4 Å². The fraction of sp³-hybridized carbons (Fsp3) is 0.125. The fourth-order valence-corrected chi connectivity index (χ4v) is 3.56. The lowest BCUT2D eigenvalue weighted by Gasteiger charge is -2.14. The number of aryl methyl sites for hydroxylation is 2. The Hall–Kier alpha value is -2.75. The van der Waals surface area contributed by atoms with Gasteiger partial charge in [0.25, 0.3) is 0 Å². The molecule has 0 aliphatic rings. The molecule has 29 heavy (non-hydrogen) atoms. The van der Waals surface area contributed by atoms with Gasteiger partial charge in [0.15, 0.2) is 5.76 Å². The smallest absolute Gasteiger partial charge is 0.235 e. The predicted octanol–water partition coefficient (Wildman–Crippen LogP) is 6.96. The van der Waals surface area contributed by atoms with Crippen LogP contribution in [0.2, 0.25) is 10.0 Å². The van der Waals surface area contributed by atoms with Crippen molar-refractivity contribution in [2.75, 3.05) is 0 Å². The van der Waals surface area contributed by atoms with Crippen molar-refractivity contribution >= 4 is 34.2 Å². The molecule has 4 aromatic rings. The van der Waals surface area contributed by atoms with Crippen molar-refractivity contribution in [3.05, 3.63) is 97.6 Å². The minimum absolute atomic E-state index is 0.119. The van der Waals surface area contributed by atoms with Crippen LogP contribution in [0, 0.1) is 13.8 Å². The van der Waals surface area contributed by atoms with Gasteiger partial charge >= 0.3 is 0 Å². The van der Waals surface area contributed by atoms with Crippen LogP contribution in [0.15, 0.2) is 69.9 Å². The minimum Gasteiger partial charge on any atom is -0.481 e. The summed E-state index contributed by atoms with van der Waals surface area (Å²) in [6, 6.07) is 18.3. The lowest BCUT2D eigenvalue weighted by molar-refractivity contribution is 0.298. The van der Waals surface area contributed by atoms with E-state index in [9.17, 15) is 4.79 Å². The van der Waals surface area contributed by atoms with Crippen molar-refractivity contribution in [3.8, 4) is 17.1 Å². The van der Waals surface area contributed by atoms with Crippen LogP contribution in [0.3, 0.4) is 0 Å². The summed E-state index contributed by atoms with van der Waals surface area (Å²) in [4.78, 5) is 13.3. The first-order valence-electron chi connectivity index (χ1n) is 9.15. The summed E-state index contributed by atoms with van der Waals surface area (Å²) in [6.45, 7) is 4.07. The Morgan fingerprint density at radius 1 is 0.897 bits per heavy atom. The number of halogens is 2. The van der Waals surface area contributed by atoms with E-state index in [2.05, 4.69) is 0 Å². The lowest BCUT2D eigenvalue weighted by atomic mass is 10.0. The predicted molar refractivity (Wildman–Crippen MR) is 118 cm³/mol. The molecule has 5 heteroatoms. The lowest BCUT2D eigenvalue weighted by Crippen LogP contribution is -2.11. The van der Waals surface area contributed by atoms with E-state index >= 15 is 0 Å². The highest BCUT2D eigenvalue weighted by Crippen LogP contribution is 2.36. The molecule has 0 unspecified atom stereocenters. The van der Waals surface area contributed by atoms with Gasteiger partial charge < -0.3 is 9.15 Å². The van der Waals surface area contributed by atoms with Crippen LogP contribution in [-0.2, 0) is 6.61 Å². The standard InChI is InChI=1S/C24H18Cl2O3/c1-14-11-18-21(12-15(14)2)29-23(17-8-4-6-10-20(17)26)24(22(18)27)28-13-16-7-3-5-9-19(16)25/h3-12H,13H2,1-2H3. The normalized spacial score (nSPS) is 11.0. The number of rotatable bonds is 4. The average molecular weight is 425 g/mol. The first-order chi connectivity index (χ1) is 14.0. The molecule has 0 aliphatic carbocycles. The molecular weight excluding hydrogens is 407 g/mol. The highest BCUT2D eigenvalue weighted by Gasteiger charge is 2.20. The topological polar surface area (TPSA) is 39.4 Å². The average Bonchev–Trinajstić information content (AvgIpc) is 2.70.